The fourth-order valence-corrected chi connectivity index (χ4v) is 3.50. The van der Waals surface area contributed by atoms with Crippen LogP contribution in [0, 0.1) is 5.92 Å². The Morgan fingerprint density at radius 1 is 1.40 bits per heavy atom. The van der Waals surface area contributed by atoms with Crippen LogP contribution in [0.3, 0.4) is 0 Å². The number of fused-ring (bicyclic) bond motifs is 1. The molecule has 0 spiro atoms. The van der Waals surface area contributed by atoms with E-state index >= 15 is 0 Å². The quantitative estimate of drug-likeness (QED) is 0.866. The second-order valence-corrected chi connectivity index (χ2v) is 5.98. The summed E-state index contributed by atoms with van der Waals surface area (Å²) in [5, 5.41) is 7.20. The second-order valence-electron chi connectivity index (χ2n) is 5.98. The minimum atomic E-state index is 0.463. The molecule has 110 valence electrons. The molecule has 2 unspecified atom stereocenters. The number of hydrogen-bond acceptors (Lipinski definition) is 3. The first kappa shape index (κ1) is 13.9. The molecule has 3 heteroatoms. The highest BCUT2D eigenvalue weighted by Crippen LogP contribution is 2.26. The SMILES string of the molecule is CCC1OCCC1CNCc1cccc2c1NCCC2. The minimum Gasteiger partial charge on any atom is -0.385 e. The Kier molecular flexibility index (Phi) is 4.58. The number of rotatable bonds is 5. The molecule has 20 heavy (non-hydrogen) atoms. The van der Waals surface area contributed by atoms with Gasteiger partial charge in [0.1, 0.15) is 0 Å². The Balaban J connectivity index is 1.56. The first-order valence-corrected chi connectivity index (χ1v) is 8.05. The average molecular weight is 274 g/mol. The van der Waals surface area contributed by atoms with Gasteiger partial charge in [-0.2, -0.15) is 0 Å². The maximum atomic E-state index is 5.76. The number of anilines is 1. The van der Waals surface area contributed by atoms with Crippen LogP contribution in [-0.4, -0.2) is 25.8 Å². The van der Waals surface area contributed by atoms with Crippen LogP contribution in [0.5, 0.6) is 0 Å². The van der Waals surface area contributed by atoms with Crippen molar-refractivity contribution in [2.45, 2.75) is 45.3 Å². The summed E-state index contributed by atoms with van der Waals surface area (Å²) in [5.74, 6) is 0.687. The summed E-state index contributed by atoms with van der Waals surface area (Å²) in [6.45, 7) is 6.30. The van der Waals surface area contributed by atoms with Gasteiger partial charge >= 0.3 is 0 Å². The third-order valence-corrected chi connectivity index (χ3v) is 4.63. The highest BCUT2D eigenvalue weighted by molar-refractivity contribution is 5.59. The fourth-order valence-electron chi connectivity index (χ4n) is 3.50. The summed E-state index contributed by atoms with van der Waals surface area (Å²) in [6, 6.07) is 6.69. The maximum absolute atomic E-state index is 5.76. The van der Waals surface area contributed by atoms with Crippen molar-refractivity contribution in [1.82, 2.24) is 5.32 Å². The van der Waals surface area contributed by atoms with Crippen molar-refractivity contribution in [2.24, 2.45) is 5.92 Å². The zero-order valence-electron chi connectivity index (χ0n) is 12.5. The van der Waals surface area contributed by atoms with Gasteiger partial charge in [-0.25, -0.2) is 0 Å². The molecule has 2 aliphatic rings. The Morgan fingerprint density at radius 3 is 3.25 bits per heavy atom. The van der Waals surface area contributed by atoms with Crippen LogP contribution < -0.4 is 10.6 Å². The normalized spacial score (nSPS) is 25.2. The van der Waals surface area contributed by atoms with Gasteiger partial charge in [0.05, 0.1) is 6.10 Å². The van der Waals surface area contributed by atoms with E-state index in [9.17, 15) is 0 Å². The van der Waals surface area contributed by atoms with Gasteiger partial charge in [0.25, 0.3) is 0 Å². The molecular weight excluding hydrogens is 248 g/mol. The lowest BCUT2D eigenvalue weighted by atomic mass is 9.98. The van der Waals surface area contributed by atoms with Crippen molar-refractivity contribution >= 4 is 5.69 Å². The van der Waals surface area contributed by atoms with E-state index in [1.54, 1.807) is 0 Å². The van der Waals surface area contributed by atoms with E-state index in [-0.39, 0.29) is 0 Å². The van der Waals surface area contributed by atoms with Crippen molar-refractivity contribution in [2.75, 3.05) is 25.0 Å². The molecular formula is C17H26N2O. The maximum Gasteiger partial charge on any atom is 0.0613 e. The summed E-state index contributed by atoms with van der Waals surface area (Å²) in [6.07, 6.45) is 5.27. The smallest absolute Gasteiger partial charge is 0.0613 e. The van der Waals surface area contributed by atoms with E-state index in [4.69, 9.17) is 4.74 Å². The lowest BCUT2D eigenvalue weighted by Crippen LogP contribution is -2.28. The second kappa shape index (κ2) is 6.59. The van der Waals surface area contributed by atoms with E-state index in [0.717, 1.165) is 32.7 Å². The highest BCUT2D eigenvalue weighted by Gasteiger charge is 2.26. The molecule has 1 aromatic carbocycles. The predicted molar refractivity (Wildman–Crippen MR) is 83.1 cm³/mol. The zero-order chi connectivity index (χ0) is 13.8. The monoisotopic (exact) mass is 274 g/mol. The van der Waals surface area contributed by atoms with Crippen molar-refractivity contribution in [3.05, 3.63) is 29.3 Å². The molecule has 2 N–H and O–H groups in total. The van der Waals surface area contributed by atoms with Crippen molar-refractivity contribution in [3.8, 4) is 0 Å². The molecule has 0 bridgehead atoms. The van der Waals surface area contributed by atoms with Gasteiger partial charge in [0, 0.05) is 31.9 Å². The number of benzene rings is 1. The molecule has 0 radical (unpaired) electrons. The van der Waals surface area contributed by atoms with Gasteiger partial charge in [-0.1, -0.05) is 25.1 Å². The summed E-state index contributed by atoms with van der Waals surface area (Å²) < 4.78 is 5.76. The van der Waals surface area contributed by atoms with E-state index in [1.165, 1.54) is 36.1 Å². The van der Waals surface area contributed by atoms with Crippen molar-refractivity contribution in [1.29, 1.82) is 0 Å². The molecule has 2 atom stereocenters. The first-order valence-electron chi connectivity index (χ1n) is 8.05. The van der Waals surface area contributed by atoms with Gasteiger partial charge in [0.2, 0.25) is 0 Å². The largest absolute Gasteiger partial charge is 0.385 e. The van der Waals surface area contributed by atoms with Crippen molar-refractivity contribution in [3.63, 3.8) is 0 Å². The molecule has 1 saturated heterocycles. The van der Waals surface area contributed by atoms with Crippen LogP contribution in [-0.2, 0) is 17.7 Å². The third kappa shape index (κ3) is 2.99. The number of ether oxygens (including phenoxy) is 1. The fraction of sp³-hybridized carbons (Fsp3) is 0.647. The zero-order valence-corrected chi connectivity index (χ0v) is 12.5. The average Bonchev–Trinajstić information content (AvgIpc) is 2.95. The lowest BCUT2D eigenvalue weighted by molar-refractivity contribution is 0.0872. The van der Waals surface area contributed by atoms with E-state index in [2.05, 4.69) is 35.8 Å². The molecule has 2 aliphatic heterocycles. The van der Waals surface area contributed by atoms with Gasteiger partial charge < -0.3 is 15.4 Å². The summed E-state index contributed by atoms with van der Waals surface area (Å²) in [4.78, 5) is 0. The van der Waals surface area contributed by atoms with Gasteiger partial charge in [-0.05, 0) is 42.7 Å². The first-order chi connectivity index (χ1) is 9.88. The van der Waals surface area contributed by atoms with Crippen molar-refractivity contribution < 1.29 is 4.74 Å². The molecule has 1 fully saturated rings. The molecule has 2 heterocycles. The summed E-state index contributed by atoms with van der Waals surface area (Å²) in [7, 11) is 0. The van der Waals surface area contributed by atoms with Gasteiger partial charge in [-0.3, -0.25) is 0 Å². The van der Waals surface area contributed by atoms with Crippen LogP contribution in [0.25, 0.3) is 0 Å². The summed E-state index contributed by atoms with van der Waals surface area (Å²) in [5.41, 5.74) is 4.27. The van der Waals surface area contributed by atoms with Gasteiger partial charge in [-0.15, -0.1) is 0 Å². The topological polar surface area (TPSA) is 33.3 Å². The molecule has 3 rings (SSSR count). The number of nitrogens with one attached hydrogen (secondary N) is 2. The van der Waals surface area contributed by atoms with E-state index in [1.807, 2.05) is 0 Å². The predicted octanol–water partition coefficient (Wildman–Crippen LogP) is 2.95. The van der Waals surface area contributed by atoms with E-state index in [0.29, 0.717) is 12.0 Å². The lowest BCUT2D eigenvalue weighted by Gasteiger charge is -2.22. The number of aryl methyl sites for hydroxylation is 1. The molecule has 1 aromatic rings. The Labute approximate surface area is 122 Å². The molecule has 0 amide bonds. The van der Waals surface area contributed by atoms with Crippen LogP contribution in [0.1, 0.15) is 37.3 Å². The highest BCUT2D eigenvalue weighted by atomic mass is 16.5. The molecule has 3 nitrogen and oxygen atoms in total. The minimum absolute atomic E-state index is 0.463. The molecule has 0 aromatic heterocycles. The summed E-state index contributed by atoms with van der Waals surface area (Å²) >= 11 is 0. The third-order valence-electron chi connectivity index (χ3n) is 4.63. The van der Waals surface area contributed by atoms with Crippen LogP contribution in [0.4, 0.5) is 5.69 Å². The van der Waals surface area contributed by atoms with E-state index < -0.39 is 0 Å². The molecule has 0 aliphatic carbocycles. The Bertz CT molecular complexity index is 447. The standard InChI is InChI=1S/C17H26N2O/c1-2-16-14(8-10-20-16)11-18-12-15-6-3-5-13-7-4-9-19-17(13)15/h3,5-6,14,16,18-19H,2,4,7-12H2,1H3. The van der Waals surface area contributed by atoms with Crippen LogP contribution in [0.15, 0.2) is 18.2 Å². The Morgan fingerprint density at radius 2 is 2.35 bits per heavy atom. The van der Waals surface area contributed by atoms with Gasteiger partial charge in [0.15, 0.2) is 0 Å². The Hall–Kier alpha value is -1.06. The number of para-hydroxylation sites is 1. The van der Waals surface area contributed by atoms with Crippen LogP contribution >= 0.6 is 0 Å². The molecule has 0 saturated carbocycles. The number of hydrogen-bond donors (Lipinski definition) is 2. The van der Waals surface area contributed by atoms with Crippen LogP contribution in [0.2, 0.25) is 0 Å².